The number of amides is 1. The van der Waals surface area contributed by atoms with Gasteiger partial charge in [-0.15, -0.1) is 0 Å². The first-order chi connectivity index (χ1) is 19.0. The third kappa shape index (κ3) is 26.4. The summed E-state index contributed by atoms with van der Waals surface area (Å²) in [6.45, 7) is 4.81. The largest absolute Gasteiger partial charge is 0.472 e. The number of rotatable bonds is 29. The van der Waals surface area contributed by atoms with Gasteiger partial charge in [0.1, 0.15) is 13.2 Å². The summed E-state index contributed by atoms with van der Waals surface area (Å²) in [5.74, 6) is -0.151. The number of carbonyl (C=O) groups is 1. The maximum atomic E-state index is 12.7. The number of nitrogens with one attached hydrogen (secondary N) is 1. The highest BCUT2D eigenvalue weighted by molar-refractivity contribution is 7.47. The van der Waals surface area contributed by atoms with Crippen molar-refractivity contribution in [3.05, 3.63) is 0 Å². The molecule has 0 fully saturated rings. The van der Waals surface area contributed by atoms with Crippen LogP contribution < -0.4 is 5.32 Å². The van der Waals surface area contributed by atoms with Crippen LogP contribution in [0.2, 0.25) is 0 Å². The SMILES string of the molecule is CCCCCCCCCCCCC(=O)NC(COP(=O)(O)OCC[N+](C)(C)C)C(O)CCCCCCCCCC. The van der Waals surface area contributed by atoms with Crippen LogP contribution in [0.1, 0.15) is 142 Å². The monoisotopic (exact) mass is 593 g/mol. The molecule has 0 saturated heterocycles. The Bertz CT molecular complexity index is 644. The second-order valence-corrected chi connectivity index (χ2v) is 14.0. The quantitative estimate of drug-likeness (QED) is 0.0471. The van der Waals surface area contributed by atoms with Crippen molar-refractivity contribution < 1.29 is 32.9 Å². The molecule has 3 N–H and O–H groups in total. The van der Waals surface area contributed by atoms with Crippen molar-refractivity contribution in [3.8, 4) is 0 Å². The van der Waals surface area contributed by atoms with Gasteiger partial charge in [0.15, 0.2) is 0 Å². The van der Waals surface area contributed by atoms with Gasteiger partial charge in [0.05, 0.1) is 39.9 Å². The summed E-state index contributed by atoms with van der Waals surface area (Å²) < 4.78 is 23.3. The van der Waals surface area contributed by atoms with Crippen LogP contribution in [0.15, 0.2) is 0 Å². The lowest BCUT2D eigenvalue weighted by atomic mass is 10.0. The number of likely N-dealkylation sites (N-methyl/N-ethyl adjacent to an activating group) is 1. The average molecular weight is 594 g/mol. The zero-order chi connectivity index (χ0) is 30.1. The van der Waals surface area contributed by atoms with Crippen molar-refractivity contribution in [1.82, 2.24) is 5.32 Å². The van der Waals surface area contributed by atoms with Gasteiger partial charge in [0, 0.05) is 6.42 Å². The molecule has 3 atom stereocenters. The molecule has 0 aromatic rings. The van der Waals surface area contributed by atoms with Gasteiger partial charge in [-0.1, -0.05) is 123 Å². The predicted octanol–water partition coefficient (Wildman–Crippen LogP) is 7.51. The van der Waals surface area contributed by atoms with E-state index in [2.05, 4.69) is 19.2 Å². The Morgan fingerprint density at radius 1 is 0.750 bits per heavy atom. The molecular formula is C31H66N2O6P+. The van der Waals surface area contributed by atoms with Gasteiger partial charge in [-0.3, -0.25) is 13.8 Å². The first-order valence-corrected chi connectivity index (χ1v) is 17.9. The molecule has 8 nitrogen and oxygen atoms in total. The average Bonchev–Trinajstić information content (AvgIpc) is 2.88. The first kappa shape index (κ1) is 39.5. The number of aliphatic hydroxyl groups is 1. The Kier molecular flexibility index (Phi) is 24.7. The van der Waals surface area contributed by atoms with Crippen molar-refractivity contribution in [2.75, 3.05) is 40.9 Å². The molecule has 0 rings (SSSR count). The molecular weight excluding hydrogens is 527 g/mol. The summed E-state index contributed by atoms with van der Waals surface area (Å²) in [5, 5.41) is 13.7. The molecule has 0 aliphatic rings. The zero-order valence-corrected chi connectivity index (χ0v) is 27.7. The molecule has 0 aliphatic heterocycles. The maximum Gasteiger partial charge on any atom is 0.472 e. The highest BCUT2D eigenvalue weighted by Crippen LogP contribution is 2.43. The lowest BCUT2D eigenvalue weighted by Gasteiger charge is -2.26. The van der Waals surface area contributed by atoms with Gasteiger partial charge in [0.2, 0.25) is 5.91 Å². The third-order valence-corrected chi connectivity index (χ3v) is 8.34. The Balaban J connectivity index is 4.55. The molecule has 3 unspecified atom stereocenters. The van der Waals surface area contributed by atoms with Crippen molar-refractivity contribution in [3.63, 3.8) is 0 Å². The molecule has 0 aromatic heterocycles. The smallest absolute Gasteiger partial charge is 0.391 e. The van der Waals surface area contributed by atoms with Gasteiger partial charge in [-0.05, 0) is 12.8 Å². The Hall–Kier alpha value is -0.500. The molecule has 240 valence electrons. The van der Waals surface area contributed by atoms with Crippen LogP contribution in [0.25, 0.3) is 0 Å². The van der Waals surface area contributed by atoms with E-state index in [0.717, 1.165) is 38.5 Å². The number of quaternary nitrogens is 1. The summed E-state index contributed by atoms with van der Waals surface area (Å²) in [7, 11) is 1.62. The molecule has 0 radical (unpaired) electrons. The van der Waals surface area contributed by atoms with Crippen molar-refractivity contribution in [2.24, 2.45) is 0 Å². The number of aliphatic hydroxyl groups excluding tert-OH is 1. The summed E-state index contributed by atoms with van der Waals surface area (Å²) in [5.41, 5.74) is 0. The number of hydrogen-bond donors (Lipinski definition) is 3. The van der Waals surface area contributed by atoms with Crippen LogP contribution in [0.5, 0.6) is 0 Å². The first-order valence-electron chi connectivity index (χ1n) is 16.4. The van der Waals surface area contributed by atoms with E-state index in [1.807, 2.05) is 21.1 Å². The maximum absolute atomic E-state index is 12.7. The van der Waals surface area contributed by atoms with Crippen LogP contribution in [0, 0.1) is 0 Å². The molecule has 0 aliphatic carbocycles. The summed E-state index contributed by atoms with van der Waals surface area (Å²) in [4.78, 5) is 22.8. The lowest BCUT2D eigenvalue weighted by molar-refractivity contribution is -0.870. The van der Waals surface area contributed by atoms with Gasteiger partial charge in [-0.25, -0.2) is 4.57 Å². The molecule has 0 bridgehead atoms. The normalized spacial score (nSPS) is 15.1. The van der Waals surface area contributed by atoms with Crippen LogP contribution in [-0.4, -0.2) is 73.4 Å². The topological polar surface area (TPSA) is 105 Å². The van der Waals surface area contributed by atoms with Crippen molar-refractivity contribution >= 4 is 13.7 Å². The van der Waals surface area contributed by atoms with Crippen molar-refractivity contribution in [2.45, 2.75) is 154 Å². The van der Waals surface area contributed by atoms with Crippen LogP contribution in [0.4, 0.5) is 0 Å². The fourth-order valence-electron chi connectivity index (χ4n) is 4.63. The minimum absolute atomic E-state index is 0.0772. The standard InChI is InChI=1S/C31H65N2O6P/c1-6-8-10-12-14-16-17-19-21-23-25-31(35)32-29(28-39-40(36,37)38-27-26-33(3,4)5)30(34)24-22-20-18-15-13-11-9-7-2/h29-30,34H,6-28H2,1-5H3,(H-,32,35,36,37)/p+1. The van der Waals surface area contributed by atoms with Gasteiger partial charge < -0.3 is 19.8 Å². The van der Waals surface area contributed by atoms with Gasteiger partial charge in [-0.2, -0.15) is 0 Å². The Labute approximate surface area is 247 Å². The fraction of sp³-hybridized carbons (Fsp3) is 0.968. The number of nitrogens with zero attached hydrogens (tertiary/aromatic N) is 1. The highest BCUT2D eigenvalue weighted by Gasteiger charge is 2.28. The van der Waals surface area contributed by atoms with E-state index in [-0.39, 0.29) is 19.1 Å². The van der Waals surface area contributed by atoms with E-state index in [4.69, 9.17) is 9.05 Å². The molecule has 40 heavy (non-hydrogen) atoms. The van der Waals surface area contributed by atoms with E-state index >= 15 is 0 Å². The van der Waals surface area contributed by atoms with Crippen LogP contribution in [0.3, 0.4) is 0 Å². The third-order valence-electron chi connectivity index (χ3n) is 7.36. The molecule has 0 aromatic carbocycles. The Morgan fingerprint density at radius 3 is 1.68 bits per heavy atom. The highest BCUT2D eigenvalue weighted by atomic mass is 31.2. The molecule has 0 spiro atoms. The van der Waals surface area contributed by atoms with Crippen molar-refractivity contribution in [1.29, 1.82) is 0 Å². The lowest BCUT2D eigenvalue weighted by Crippen LogP contribution is -2.46. The summed E-state index contributed by atoms with van der Waals surface area (Å²) in [6, 6.07) is -0.748. The number of phosphoric ester groups is 1. The van der Waals surface area contributed by atoms with Gasteiger partial charge in [0.25, 0.3) is 0 Å². The number of carbonyl (C=O) groups excluding carboxylic acids is 1. The van der Waals surface area contributed by atoms with E-state index in [0.29, 0.717) is 23.9 Å². The minimum Gasteiger partial charge on any atom is -0.391 e. The van der Waals surface area contributed by atoms with Crippen LogP contribution in [-0.2, 0) is 18.4 Å². The number of unbranched alkanes of at least 4 members (excludes halogenated alkanes) is 16. The summed E-state index contributed by atoms with van der Waals surface area (Å²) in [6.07, 6.45) is 21.3. The zero-order valence-electron chi connectivity index (χ0n) is 26.8. The van der Waals surface area contributed by atoms with E-state index in [1.165, 1.54) is 77.0 Å². The minimum atomic E-state index is -4.28. The second-order valence-electron chi connectivity index (χ2n) is 12.5. The Morgan fingerprint density at radius 2 is 1.20 bits per heavy atom. The van der Waals surface area contributed by atoms with E-state index < -0.39 is 20.0 Å². The summed E-state index contributed by atoms with van der Waals surface area (Å²) >= 11 is 0. The molecule has 9 heteroatoms. The fourth-order valence-corrected chi connectivity index (χ4v) is 5.37. The second kappa shape index (κ2) is 25.0. The van der Waals surface area contributed by atoms with Gasteiger partial charge >= 0.3 is 7.82 Å². The number of hydrogen-bond acceptors (Lipinski definition) is 5. The van der Waals surface area contributed by atoms with E-state index in [9.17, 15) is 19.4 Å². The molecule has 1 amide bonds. The van der Waals surface area contributed by atoms with E-state index in [1.54, 1.807) is 0 Å². The molecule has 0 heterocycles. The predicted molar refractivity (Wildman–Crippen MR) is 166 cm³/mol. The number of phosphoric acid groups is 1. The van der Waals surface area contributed by atoms with Crippen LogP contribution >= 0.6 is 7.82 Å². The molecule has 0 saturated carbocycles.